The van der Waals surface area contributed by atoms with Gasteiger partial charge in [0.25, 0.3) is 0 Å². The molecule has 0 saturated heterocycles. The maximum Gasteiger partial charge on any atom is 0.244 e. The molecule has 1 heterocycles. The maximum absolute atomic E-state index is 12.5. The highest BCUT2D eigenvalue weighted by Gasteiger charge is 2.14. The summed E-state index contributed by atoms with van der Waals surface area (Å²) in [5.41, 5.74) is 4.35. The summed E-state index contributed by atoms with van der Waals surface area (Å²) in [7, 11) is -3.71. The normalized spacial score (nSPS) is 12.2. The number of allylic oxidation sites excluding steroid dienone is 1. The van der Waals surface area contributed by atoms with E-state index in [1.165, 1.54) is 12.1 Å². The molecule has 3 rings (SSSR count). The fourth-order valence-corrected chi connectivity index (χ4v) is 3.97. The molecular weight excluding hydrogens is 428 g/mol. The Hall–Kier alpha value is -3.10. The molecule has 0 aliphatic rings. The Labute approximate surface area is 188 Å². The van der Waals surface area contributed by atoms with Crippen LogP contribution in [0, 0.1) is 13.8 Å². The van der Waals surface area contributed by atoms with E-state index in [2.05, 4.69) is 5.32 Å². The number of hydrogen-bond acceptors (Lipinski definition) is 5. The highest BCUT2D eigenvalue weighted by molar-refractivity contribution is 7.89. The van der Waals surface area contributed by atoms with Crippen LogP contribution in [0.2, 0.25) is 0 Å². The zero-order chi connectivity index (χ0) is 23.5. The van der Waals surface area contributed by atoms with Crippen molar-refractivity contribution in [1.29, 1.82) is 0 Å². The van der Waals surface area contributed by atoms with Gasteiger partial charge in [-0.25, -0.2) is 13.6 Å². The quantitative estimate of drug-likeness (QED) is 0.500. The van der Waals surface area contributed by atoms with Crippen molar-refractivity contribution in [3.05, 3.63) is 64.9 Å². The molecule has 0 fully saturated rings. The summed E-state index contributed by atoms with van der Waals surface area (Å²) in [5, 5.41) is 8.97. The second-order valence-corrected chi connectivity index (χ2v) is 9.18. The molecule has 0 bridgehead atoms. The van der Waals surface area contributed by atoms with Gasteiger partial charge in [0, 0.05) is 29.6 Å². The minimum absolute atomic E-state index is 0.0639. The summed E-state index contributed by atoms with van der Waals surface area (Å²) < 4.78 is 34.2. The first-order chi connectivity index (χ1) is 15.1. The van der Waals surface area contributed by atoms with Crippen LogP contribution in [0.3, 0.4) is 0 Å². The van der Waals surface area contributed by atoms with Crippen LogP contribution in [0.1, 0.15) is 36.3 Å². The molecule has 0 unspecified atom stereocenters. The molecule has 1 amide bonds. The van der Waals surface area contributed by atoms with Gasteiger partial charge in [-0.05, 0) is 69.0 Å². The maximum atomic E-state index is 12.5. The number of aryl methyl sites for hydroxylation is 2. The predicted octanol–water partition coefficient (Wildman–Crippen LogP) is 3.86. The number of furan rings is 1. The summed E-state index contributed by atoms with van der Waals surface area (Å²) in [6.07, 6.45) is 2.11. The number of carbonyl (C=O) groups is 1. The Balaban J connectivity index is 1.71. The van der Waals surface area contributed by atoms with Gasteiger partial charge in [-0.15, -0.1) is 0 Å². The molecular formula is C24H28N2O5S. The lowest BCUT2D eigenvalue weighted by atomic mass is 10.0. The first kappa shape index (κ1) is 23.6. The molecule has 1 aromatic heterocycles. The fraction of sp³-hybridized carbons (Fsp3) is 0.292. The largest absolute Gasteiger partial charge is 0.493 e. The number of nitrogens with one attached hydrogen (secondary N) is 1. The average Bonchev–Trinajstić information content (AvgIpc) is 3.00. The third-order valence-electron chi connectivity index (χ3n) is 5.31. The lowest BCUT2D eigenvalue weighted by Gasteiger charge is -2.11. The number of ether oxygens (including phenoxy) is 1. The Kier molecular flexibility index (Phi) is 7.06. The topological polar surface area (TPSA) is 112 Å². The summed E-state index contributed by atoms with van der Waals surface area (Å²) in [5.74, 6) is 1.31. The first-order valence-electron chi connectivity index (χ1n) is 10.3. The second-order valence-electron chi connectivity index (χ2n) is 7.62. The van der Waals surface area contributed by atoms with E-state index in [4.69, 9.17) is 14.3 Å². The van der Waals surface area contributed by atoms with Crippen LogP contribution in [0.15, 0.2) is 51.8 Å². The molecule has 8 heteroatoms. The lowest BCUT2D eigenvalue weighted by molar-refractivity contribution is -0.116. The van der Waals surface area contributed by atoms with E-state index in [1.54, 1.807) is 18.2 Å². The first-order valence-corrected chi connectivity index (χ1v) is 11.9. The van der Waals surface area contributed by atoms with Gasteiger partial charge in [-0.2, -0.15) is 0 Å². The Morgan fingerprint density at radius 3 is 2.50 bits per heavy atom. The van der Waals surface area contributed by atoms with Crippen molar-refractivity contribution in [1.82, 2.24) is 5.32 Å². The van der Waals surface area contributed by atoms with E-state index in [0.717, 1.165) is 39.0 Å². The highest BCUT2D eigenvalue weighted by atomic mass is 32.2. The predicted molar refractivity (Wildman–Crippen MR) is 125 cm³/mol. The molecule has 3 N–H and O–H groups in total. The van der Waals surface area contributed by atoms with Crippen LogP contribution in [0.5, 0.6) is 5.75 Å². The molecule has 0 saturated carbocycles. The van der Waals surface area contributed by atoms with Crippen molar-refractivity contribution in [2.75, 3.05) is 13.2 Å². The van der Waals surface area contributed by atoms with E-state index in [9.17, 15) is 13.2 Å². The number of fused-ring (bicyclic) bond motifs is 1. The Morgan fingerprint density at radius 2 is 1.88 bits per heavy atom. The van der Waals surface area contributed by atoms with Crippen LogP contribution in [-0.4, -0.2) is 27.5 Å². The lowest BCUT2D eigenvalue weighted by Crippen LogP contribution is -2.23. The van der Waals surface area contributed by atoms with E-state index in [1.807, 2.05) is 39.8 Å². The number of sulfonamides is 1. The minimum Gasteiger partial charge on any atom is -0.493 e. The molecule has 170 valence electrons. The Morgan fingerprint density at radius 1 is 1.19 bits per heavy atom. The van der Waals surface area contributed by atoms with Gasteiger partial charge in [0.1, 0.15) is 17.1 Å². The van der Waals surface area contributed by atoms with Gasteiger partial charge >= 0.3 is 0 Å². The van der Waals surface area contributed by atoms with Gasteiger partial charge in [-0.3, -0.25) is 4.79 Å². The summed E-state index contributed by atoms with van der Waals surface area (Å²) in [4.78, 5) is 12.5. The van der Waals surface area contributed by atoms with Gasteiger partial charge in [0.2, 0.25) is 15.9 Å². The van der Waals surface area contributed by atoms with E-state index >= 15 is 0 Å². The number of benzene rings is 2. The van der Waals surface area contributed by atoms with Gasteiger partial charge in [0.05, 0.1) is 11.5 Å². The molecule has 2 aromatic carbocycles. The summed E-state index contributed by atoms with van der Waals surface area (Å²) >= 11 is 0. The molecule has 0 spiro atoms. The minimum atomic E-state index is -3.71. The molecule has 0 aliphatic heterocycles. The van der Waals surface area contributed by atoms with E-state index < -0.39 is 10.0 Å². The van der Waals surface area contributed by atoms with Gasteiger partial charge in [-0.1, -0.05) is 12.1 Å². The third kappa shape index (κ3) is 5.38. The van der Waals surface area contributed by atoms with E-state index in [-0.39, 0.29) is 10.8 Å². The molecule has 3 aromatic rings. The molecule has 0 aliphatic carbocycles. The Bertz CT molecular complexity index is 1270. The number of primary sulfonamides is 1. The number of nitrogens with two attached hydrogens (primary N) is 1. The third-order valence-corrected chi connectivity index (χ3v) is 6.24. The van der Waals surface area contributed by atoms with Crippen molar-refractivity contribution in [2.24, 2.45) is 5.14 Å². The number of amides is 1. The summed E-state index contributed by atoms with van der Waals surface area (Å²) in [6, 6.07) is 10.2. The smallest absolute Gasteiger partial charge is 0.244 e. The molecule has 0 radical (unpaired) electrons. The highest BCUT2D eigenvalue weighted by Crippen LogP contribution is 2.35. The van der Waals surface area contributed by atoms with Crippen LogP contribution in [-0.2, 0) is 21.2 Å². The van der Waals surface area contributed by atoms with Crippen LogP contribution >= 0.6 is 0 Å². The van der Waals surface area contributed by atoms with Gasteiger partial charge < -0.3 is 14.5 Å². The average molecular weight is 457 g/mol. The van der Waals surface area contributed by atoms with Crippen LogP contribution in [0.25, 0.3) is 16.5 Å². The summed E-state index contributed by atoms with van der Waals surface area (Å²) in [6.45, 7) is 8.63. The zero-order valence-electron chi connectivity index (χ0n) is 18.7. The van der Waals surface area contributed by atoms with Crippen molar-refractivity contribution in [2.45, 2.75) is 39.0 Å². The van der Waals surface area contributed by atoms with Crippen molar-refractivity contribution >= 4 is 32.5 Å². The van der Waals surface area contributed by atoms with Crippen LogP contribution in [0.4, 0.5) is 0 Å². The number of hydrogen-bond donors (Lipinski definition) is 2. The monoisotopic (exact) mass is 456 g/mol. The van der Waals surface area contributed by atoms with Crippen LogP contribution < -0.4 is 15.2 Å². The SMILES string of the molecule is CCOc1cc2oc(C)c(C)c2cc1/C(C)=C/C(=O)NCCc1ccc(S(N)(=O)=O)cc1. The number of rotatable bonds is 8. The van der Waals surface area contributed by atoms with Crippen molar-refractivity contribution in [3.8, 4) is 5.75 Å². The van der Waals surface area contributed by atoms with Crippen molar-refractivity contribution < 1.29 is 22.4 Å². The van der Waals surface area contributed by atoms with Crippen molar-refractivity contribution in [3.63, 3.8) is 0 Å². The molecule has 32 heavy (non-hydrogen) atoms. The van der Waals surface area contributed by atoms with E-state index in [0.29, 0.717) is 25.3 Å². The molecule has 0 atom stereocenters. The standard InChI is InChI=1S/C24H28N2O5S/c1-5-30-22-14-23-21(16(3)17(4)31-23)13-20(22)15(2)12-24(27)26-11-10-18-6-8-19(9-7-18)32(25,28)29/h6-9,12-14H,5,10-11H2,1-4H3,(H,26,27)(H2,25,28,29)/b15-12+. The second kappa shape index (κ2) is 9.58. The molecule has 7 nitrogen and oxygen atoms in total. The fourth-order valence-electron chi connectivity index (χ4n) is 3.45. The van der Waals surface area contributed by atoms with Gasteiger partial charge in [0.15, 0.2) is 0 Å². The zero-order valence-corrected chi connectivity index (χ0v) is 19.5. The number of carbonyl (C=O) groups excluding carboxylic acids is 1.